The van der Waals surface area contributed by atoms with E-state index in [-0.39, 0.29) is 11.5 Å². The van der Waals surface area contributed by atoms with E-state index in [0.29, 0.717) is 15.4 Å². The van der Waals surface area contributed by atoms with Crippen LogP contribution in [0.15, 0.2) is 57.8 Å². The first-order chi connectivity index (χ1) is 16.0. The van der Waals surface area contributed by atoms with Crippen LogP contribution in [0.1, 0.15) is 36.5 Å². The summed E-state index contributed by atoms with van der Waals surface area (Å²) in [6.07, 6.45) is 4.71. The number of amides is 1. The number of rotatable bonds is 5. The molecule has 1 atom stereocenters. The first kappa shape index (κ1) is 21.9. The van der Waals surface area contributed by atoms with Crippen molar-refractivity contribution in [3.63, 3.8) is 0 Å². The second-order valence-corrected chi connectivity index (χ2v) is 10.6. The van der Waals surface area contributed by atoms with E-state index in [2.05, 4.69) is 33.5 Å². The number of hydrogen-bond donors (Lipinski definition) is 2. The van der Waals surface area contributed by atoms with Crippen LogP contribution in [-0.4, -0.2) is 21.1 Å². The molecule has 0 fully saturated rings. The molecule has 0 saturated heterocycles. The van der Waals surface area contributed by atoms with Gasteiger partial charge in [-0.15, -0.1) is 11.3 Å². The number of nitrogens with one attached hydrogen (secondary N) is 2. The number of aromatic nitrogens is 2. The van der Waals surface area contributed by atoms with E-state index in [4.69, 9.17) is 0 Å². The number of carbonyl (C=O) groups is 1. The highest BCUT2D eigenvalue weighted by Gasteiger charge is 2.20. The molecule has 0 bridgehead atoms. The maximum Gasteiger partial charge on any atom is 0.260 e. The summed E-state index contributed by atoms with van der Waals surface area (Å²) >= 11 is 2.73. The smallest absolute Gasteiger partial charge is 0.260 e. The van der Waals surface area contributed by atoms with Crippen LogP contribution < -0.4 is 10.9 Å². The maximum absolute atomic E-state index is 13.0. The highest BCUT2D eigenvalue weighted by atomic mass is 32.2. The molecule has 0 aliphatic heterocycles. The van der Waals surface area contributed by atoms with Crippen LogP contribution in [0.3, 0.4) is 0 Å². The minimum absolute atomic E-state index is 0.127. The van der Waals surface area contributed by atoms with E-state index in [1.54, 1.807) is 0 Å². The number of hydrogen-bond acceptors (Lipinski definition) is 5. The van der Waals surface area contributed by atoms with E-state index in [1.165, 1.54) is 47.1 Å². The number of H-pyrrole nitrogens is 1. The molecule has 2 aromatic heterocycles. The molecule has 1 aliphatic carbocycles. The summed E-state index contributed by atoms with van der Waals surface area (Å²) in [4.78, 5) is 34.0. The first-order valence-electron chi connectivity index (χ1n) is 11.2. The van der Waals surface area contributed by atoms with Gasteiger partial charge in [-0.1, -0.05) is 48.2 Å². The molecule has 7 heteroatoms. The zero-order valence-electron chi connectivity index (χ0n) is 18.6. The number of anilines is 1. The zero-order valence-corrected chi connectivity index (χ0v) is 20.2. The van der Waals surface area contributed by atoms with Gasteiger partial charge in [-0.25, -0.2) is 4.98 Å². The quantitative estimate of drug-likeness (QED) is 0.276. The molecule has 1 unspecified atom stereocenters. The van der Waals surface area contributed by atoms with Crippen LogP contribution in [-0.2, 0) is 17.6 Å². The molecular formula is C26H25N3O2S2. The van der Waals surface area contributed by atoms with E-state index < -0.39 is 5.25 Å². The van der Waals surface area contributed by atoms with Crippen molar-refractivity contribution in [1.82, 2.24) is 9.97 Å². The monoisotopic (exact) mass is 475 g/mol. The lowest BCUT2D eigenvalue weighted by Crippen LogP contribution is -2.23. The van der Waals surface area contributed by atoms with Crippen molar-refractivity contribution in [3.05, 3.63) is 74.9 Å². The maximum atomic E-state index is 13.0. The van der Waals surface area contributed by atoms with E-state index in [9.17, 15) is 9.59 Å². The molecule has 0 radical (unpaired) electrons. The molecule has 4 aromatic rings. The van der Waals surface area contributed by atoms with Crippen molar-refractivity contribution in [2.45, 2.75) is 49.9 Å². The molecule has 5 rings (SSSR count). The number of carbonyl (C=O) groups excluding carboxylic acids is 1. The van der Waals surface area contributed by atoms with Gasteiger partial charge in [-0.05, 0) is 67.9 Å². The van der Waals surface area contributed by atoms with Gasteiger partial charge >= 0.3 is 0 Å². The minimum Gasteiger partial charge on any atom is -0.325 e. The molecule has 168 valence electrons. The van der Waals surface area contributed by atoms with Gasteiger partial charge in [-0.2, -0.15) is 0 Å². The zero-order chi connectivity index (χ0) is 22.9. The third kappa shape index (κ3) is 4.48. The second kappa shape index (κ2) is 9.15. The highest BCUT2D eigenvalue weighted by Crippen LogP contribution is 2.34. The SMILES string of the molecule is Cc1ccccc1NC(=O)C(C)Sc1nc2scc(-c3ccc4c(c3)CCCC4)c2c(=O)[nH]1. The Hall–Kier alpha value is -2.90. The van der Waals surface area contributed by atoms with Crippen molar-refractivity contribution in [3.8, 4) is 11.1 Å². The van der Waals surface area contributed by atoms with Gasteiger partial charge in [0.1, 0.15) is 4.83 Å². The lowest BCUT2D eigenvalue weighted by atomic mass is 9.89. The van der Waals surface area contributed by atoms with Crippen LogP contribution >= 0.6 is 23.1 Å². The number of fused-ring (bicyclic) bond motifs is 2. The van der Waals surface area contributed by atoms with Gasteiger partial charge in [0.15, 0.2) is 5.16 Å². The molecule has 2 aromatic carbocycles. The predicted octanol–water partition coefficient (Wildman–Crippen LogP) is 5.96. The third-order valence-electron chi connectivity index (χ3n) is 6.14. The van der Waals surface area contributed by atoms with E-state index in [1.807, 2.05) is 43.5 Å². The summed E-state index contributed by atoms with van der Waals surface area (Å²) in [6.45, 7) is 3.77. The largest absolute Gasteiger partial charge is 0.325 e. The van der Waals surface area contributed by atoms with Crippen LogP contribution in [0.4, 0.5) is 5.69 Å². The van der Waals surface area contributed by atoms with Crippen LogP contribution in [0.2, 0.25) is 0 Å². The van der Waals surface area contributed by atoms with Gasteiger partial charge in [0.05, 0.1) is 10.6 Å². The molecule has 33 heavy (non-hydrogen) atoms. The Morgan fingerprint density at radius 2 is 1.94 bits per heavy atom. The van der Waals surface area contributed by atoms with Crippen LogP contribution in [0.5, 0.6) is 0 Å². The van der Waals surface area contributed by atoms with Crippen molar-refractivity contribution in [2.75, 3.05) is 5.32 Å². The van der Waals surface area contributed by atoms with Crippen LogP contribution in [0.25, 0.3) is 21.3 Å². The number of nitrogens with zero attached hydrogens (tertiary/aromatic N) is 1. The summed E-state index contributed by atoms with van der Waals surface area (Å²) in [7, 11) is 0. The van der Waals surface area contributed by atoms with Gasteiger partial charge < -0.3 is 10.3 Å². The number of thiophene rings is 1. The lowest BCUT2D eigenvalue weighted by Gasteiger charge is -2.16. The van der Waals surface area contributed by atoms with Gasteiger partial charge in [-0.3, -0.25) is 9.59 Å². The standard InChI is InChI=1S/C26H25N3O2S2/c1-15-7-3-6-10-21(15)27-23(30)16(2)33-26-28-24(31)22-20(14-32-25(22)29-26)19-12-11-17-8-4-5-9-18(17)13-19/h3,6-7,10-14,16H,4-5,8-9H2,1-2H3,(H,27,30)(H,28,29,31). The fourth-order valence-electron chi connectivity index (χ4n) is 4.27. The van der Waals surface area contributed by atoms with E-state index >= 15 is 0 Å². The summed E-state index contributed by atoms with van der Waals surface area (Å²) in [5, 5.41) is 5.64. The molecule has 2 heterocycles. The van der Waals surface area contributed by atoms with Crippen molar-refractivity contribution < 1.29 is 4.79 Å². The second-order valence-electron chi connectivity index (χ2n) is 8.46. The Morgan fingerprint density at radius 3 is 2.76 bits per heavy atom. The highest BCUT2D eigenvalue weighted by molar-refractivity contribution is 8.00. The van der Waals surface area contributed by atoms with Gasteiger partial charge in [0.2, 0.25) is 5.91 Å². The fraction of sp³-hybridized carbons (Fsp3) is 0.269. The molecule has 2 N–H and O–H groups in total. The Kier molecular flexibility index (Phi) is 6.08. The molecular weight excluding hydrogens is 450 g/mol. The summed E-state index contributed by atoms with van der Waals surface area (Å²) < 4.78 is 0. The molecule has 5 nitrogen and oxygen atoms in total. The van der Waals surface area contributed by atoms with Crippen LogP contribution in [0, 0.1) is 6.92 Å². The lowest BCUT2D eigenvalue weighted by molar-refractivity contribution is -0.115. The Labute approximate surface area is 200 Å². The van der Waals surface area contributed by atoms with Crippen molar-refractivity contribution in [1.29, 1.82) is 0 Å². The normalized spacial score (nSPS) is 14.1. The average molecular weight is 476 g/mol. The topological polar surface area (TPSA) is 74.8 Å². The van der Waals surface area contributed by atoms with Gasteiger partial charge in [0, 0.05) is 16.6 Å². The number of thioether (sulfide) groups is 1. The number of aromatic amines is 1. The summed E-state index contributed by atoms with van der Waals surface area (Å²) in [5.41, 5.74) is 6.45. The summed E-state index contributed by atoms with van der Waals surface area (Å²) in [5.74, 6) is -0.127. The molecule has 0 spiro atoms. The van der Waals surface area contributed by atoms with Crippen molar-refractivity contribution in [2.24, 2.45) is 0 Å². The number of para-hydroxylation sites is 1. The Balaban J connectivity index is 1.39. The third-order valence-corrected chi connectivity index (χ3v) is 8.00. The predicted molar refractivity (Wildman–Crippen MR) is 137 cm³/mol. The fourth-order valence-corrected chi connectivity index (χ4v) is 6.07. The number of benzene rings is 2. The molecule has 1 aliphatic rings. The first-order valence-corrected chi connectivity index (χ1v) is 12.9. The minimum atomic E-state index is -0.412. The van der Waals surface area contributed by atoms with E-state index in [0.717, 1.165) is 35.2 Å². The number of aryl methyl sites for hydroxylation is 3. The summed E-state index contributed by atoms with van der Waals surface area (Å²) in [6, 6.07) is 14.2. The molecule has 1 amide bonds. The Morgan fingerprint density at radius 1 is 1.15 bits per heavy atom. The van der Waals surface area contributed by atoms with Gasteiger partial charge in [0.25, 0.3) is 5.56 Å². The Bertz CT molecular complexity index is 1410. The molecule has 0 saturated carbocycles. The van der Waals surface area contributed by atoms with Crippen molar-refractivity contribution >= 4 is 44.9 Å². The average Bonchev–Trinajstić information content (AvgIpc) is 3.25.